The van der Waals surface area contributed by atoms with Crippen LogP contribution in [0.1, 0.15) is 45.4 Å². The first kappa shape index (κ1) is 18.0. The molecule has 0 radical (unpaired) electrons. The zero-order valence-electron chi connectivity index (χ0n) is 13.2. The van der Waals surface area contributed by atoms with Crippen molar-refractivity contribution < 1.29 is 19.0 Å². The summed E-state index contributed by atoms with van der Waals surface area (Å²) in [6.45, 7) is 1.94. The molecule has 2 heterocycles. The Morgan fingerprint density at radius 2 is 2.27 bits per heavy atom. The normalized spacial score (nSPS) is 35.5. The Balaban J connectivity index is 1.94. The van der Waals surface area contributed by atoms with Crippen LogP contribution in [0.5, 0.6) is 0 Å². The highest BCUT2D eigenvalue weighted by Crippen LogP contribution is 2.44. The van der Waals surface area contributed by atoms with Gasteiger partial charge in [-0.3, -0.25) is 4.79 Å². The molecule has 124 valence electrons. The van der Waals surface area contributed by atoms with Crippen LogP contribution in [0.25, 0.3) is 0 Å². The van der Waals surface area contributed by atoms with Crippen LogP contribution in [-0.4, -0.2) is 41.4 Å². The maximum atomic E-state index is 11.3. The second-order valence-electron chi connectivity index (χ2n) is 6.35. The van der Waals surface area contributed by atoms with Crippen molar-refractivity contribution in [3.8, 4) is 6.07 Å². The molecule has 0 spiro atoms. The number of halogens is 1. The summed E-state index contributed by atoms with van der Waals surface area (Å²) in [5, 5.41) is 8.99. The molecule has 0 saturated carbocycles. The summed E-state index contributed by atoms with van der Waals surface area (Å²) >= 11 is 2.37. The fourth-order valence-corrected chi connectivity index (χ4v) is 4.42. The van der Waals surface area contributed by atoms with E-state index < -0.39 is 0 Å². The third kappa shape index (κ3) is 4.12. The fraction of sp³-hybridized carbons (Fsp3) is 0.875. The number of nitriles is 1. The van der Waals surface area contributed by atoms with Crippen LogP contribution >= 0.6 is 22.6 Å². The lowest BCUT2D eigenvalue weighted by Crippen LogP contribution is -2.50. The van der Waals surface area contributed by atoms with Crippen LogP contribution in [0, 0.1) is 17.2 Å². The largest absolute Gasteiger partial charge is 0.469 e. The molecule has 0 amide bonds. The summed E-state index contributed by atoms with van der Waals surface area (Å²) in [7, 11) is 1.41. The van der Waals surface area contributed by atoms with E-state index >= 15 is 0 Å². The van der Waals surface area contributed by atoms with Crippen LogP contribution in [0.3, 0.4) is 0 Å². The molecule has 22 heavy (non-hydrogen) atoms. The zero-order valence-corrected chi connectivity index (χ0v) is 15.4. The number of fused-ring (bicyclic) bond motifs is 1. The van der Waals surface area contributed by atoms with E-state index in [4.69, 9.17) is 19.5 Å². The molecule has 6 heteroatoms. The van der Waals surface area contributed by atoms with E-state index in [0.29, 0.717) is 12.8 Å². The minimum absolute atomic E-state index is 0.0188. The lowest BCUT2D eigenvalue weighted by atomic mass is 9.86. The van der Waals surface area contributed by atoms with Crippen molar-refractivity contribution in [1.29, 1.82) is 5.26 Å². The number of carbonyl (C=O) groups is 1. The highest BCUT2D eigenvalue weighted by Gasteiger charge is 2.52. The lowest BCUT2D eigenvalue weighted by Gasteiger charge is -2.41. The summed E-state index contributed by atoms with van der Waals surface area (Å²) < 4.78 is 18.1. The number of nitrogens with zero attached hydrogens (tertiary/aromatic N) is 1. The van der Waals surface area contributed by atoms with E-state index in [1.807, 2.05) is 6.92 Å². The SMILES string of the molecule is COC(=O)CCC1CC2(CI)OC(CC(C)C#N)CCC2O1. The maximum absolute atomic E-state index is 11.3. The molecule has 5 unspecified atom stereocenters. The highest BCUT2D eigenvalue weighted by atomic mass is 127. The predicted molar refractivity (Wildman–Crippen MR) is 89.6 cm³/mol. The van der Waals surface area contributed by atoms with Crippen LogP contribution in [-0.2, 0) is 19.0 Å². The second kappa shape index (κ2) is 7.93. The molecular formula is C16H24INO4. The van der Waals surface area contributed by atoms with Gasteiger partial charge in [-0.15, -0.1) is 0 Å². The molecular weight excluding hydrogens is 397 g/mol. The van der Waals surface area contributed by atoms with E-state index in [1.165, 1.54) is 7.11 Å². The number of carbonyl (C=O) groups excluding carboxylic acids is 1. The second-order valence-corrected chi connectivity index (χ2v) is 7.11. The standard InChI is InChI=1S/C16H24INO4/c1-11(9-18)7-12-3-5-14-16(10-17,22-12)8-13(21-14)4-6-15(19)20-2/h11-14H,3-8,10H2,1-2H3. The van der Waals surface area contributed by atoms with E-state index in [2.05, 4.69) is 28.7 Å². The lowest BCUT2D eigenvalue weighted by molar-refractivity contribution is -0.155. The van der Waals surface area contributed by atoms with Crippen LogP contribution < -0.4 is 0 Å². The Kier molecular flexibility index (Phi) is 6.47. The molecule has 5 atom stereocenters. The van der Waals surface area contributed by atoms with Crippen molar-refractivity contribution in [2.75, 3.05) is 11.5 Å². The third-order valence-electron chi connectivity index (χ3n) is 4.63. The smallest absolute Gasteiger partial charge is 0.305 e. The summed E-state index contributed by atoms with van der Waals surface area (Å²) in [6.07, 6.45) is 4.92. The van der Waals surface area contributed by atoms with Crippen LogP contribution in [0.2, 0.25) is 0 Å². The Hall–Kier alpha value is -0.390. The molecule has 2 aliphatic rings. The number of ether oxygens (including phenoxy) is 3. The summed E-state index contributed by atoms with van der Waals surface area (Å²) in [5.41, 5.74) is -0.251. The summed E-state index contributed by atoms with van der Waals surface area (Å²) in [4.78, 5) is 11.3. The van der Waals surface area contributed by atoms with Gasteiger partial charge in [0.25, 0.3) is 0 Å². The summed E-state index contributed by atoms with van der Waals surface area (Å²) in [6, 6.07) is 2.29. The Morgan fingerprint density at radius 3 is 2.91 bits per heavy atom. The molecule has 0 aromatic carbocycles. The molecule has 2 rings (SSSR count). The van der Waals surface area contributed by atoms with Crippen molar-refractivity contribution in [3.05, 3.63) is 0 Å². The number of rotatable bonds is 6. The molecule has 5 nitrogen and oxygen atoms in total. The van der Waals surface area contributed by atoms with E-state index in [9.17, 15) is 4.79 Å². The average Bonchev–Trinajstić information content (AvgIpc) is 2.90. The maximum Gasteiger partial charge on any atom is 0.305 e. The van der Waals surface area contributed by atoms with Gasteiger partial charge in [-0.05, 0) is 32.6 Å². The first-order chi connectivity index (χ1) is 10.5. The van der Waals surface area contributed by atoms with Gasteiger partial charge in [0.2, 0.25) is 0 Å². The van der Waals surface area contributed by atoms with Crippen molar-refractivity contribution in [3.63, 3.8) is 0 Å². The topological polar surface area (TPSA) is 68.5 Å². The molecule has 0 aromatic heterocycles. The molecule has 2 fully saturated rings. The van der Waals surface area contributed by atoms with Gasteiger partial charge in [0, 0.05) is 23.2 Å². The average molecular weight is 421 g/mol. The number of hydrogen-bond donors (Lipinski definition) is 0. The number of methoxy groups -OCH3 is 1. The highest BCUT2D eigenvalue weighted by molar-refractivity contribution is 14.1. The van der Waals surface area contributed by atoms with Gasteiger partial charge in [0.15, 0.2) is 0 Å². The van der Waals surface area contributed by atoms with Gasteiger partial charge in [-0.25, -0.2) is 0 Å². The molecule has 0 bridgehead atoms. The van der Waals surface area contributed by atoms with Crippen LogP contribution in [0.15, 0.2) is 0 Å². The zero-order chi connectivity index (χ0) is 16.2. The van der Waals surface area contributed by atoms with Crippen molar-refractivity contribution in [2.24, 2.45) is 5.92 Å². The van der Waals surface area contributed by atoms with Gasteiger partial charge < -0.3 is 14.2 Å². The molecule has 2 saturated heterocycles. The molecule has 0 aliphatic carbocycles. The van der Waals surface area contributed by atoms with Gasteiger partial charge >= 0.3 is 5.97 Å². The van der Waals surface area contributed by atoms with Crippen LogP contribution in [0.4, 0.5) is 0 Å². The van der Waals surface area contributed by atoms with E-state index in [0.717, 1.165) is 30.1 Å². The number of esters is 1. The Labute approximate surface area is 145 Å². The van der Waals surface area contributed by atoms with E-state index in [1.54, 1.807) is 0 Å². The summed E-state index contributed by atoms with van der Waals surface area (Å²) in [5.74, 6) is -0.172. The van der Waals surface area contributed by atoms with Gasteiger partial charge in [-0.1, -0.05) is 22.6 Å². The van der Waals surface area contributed by atoms with Crippen molar-refractivity contribution in [2.45, 2.75) is 69.4 Å². The quantitative estimate of drug-likeness (QED) is 0.375. The number of hydrogen-bond acceptors (Lipinski definition) is 5. The first-order valence-electron chi connectivity index (χ1n) is 7.88. The number of alkyl halides is 1. The molecule has 2 aliphatic heterocycles. The van der Waals surface area contributed by atoms with E-state index in [-0.39, 0.29) is 35.8 Å². The first-order valence-corrected chi connectivity index (χ1v) is 9.41. The minimum Gasteiger partial charge on any atom is -0.469 e. The minimum atomic E-state index is -0.251. The Morgan fingerprint density at radius 1 is 1.50 bits per heavy atom. The van der Waals surface area contributed by atoms with Gasteiger partial charge in [-0.2, -0.15) is 5.26 Å². The Bertz CT molecular complexity index is 438. The third-order valence-corrected chi connectivity index (χ3v) is 5.92. The molecule has 0 N–H and O–H groups in total. The van der Waals surface area contributed by atoms with Crippen molar-refractivity contribution in [1.82, 2.24) is 0 Å². The predicted octanol–water partition coefficient (Wildman–Crippen LogP) is 3.00. The van der Waals surface area contributed by atoms with Crippen molar-refractivity contribution >= 4 is 28.6 Å². The monoisotopic (exact) mass is 421 g/mol. The fourth-order valence-electron chi connectivity index (χ4n) is 3.44. The van der Waals surface area contributed by atoms with Gasteiger partial charge in [0.1, 0.15) is 5.60 Å². The van der Waals surface area contributed by atoms with Gasteiger partial charge in [0.05, 0.1) is 31.5 Å². The molecule has 0 aromatic rings.